The molecule has 0 spiro atoms. The number of hydrogen-bond acceptors (Lipinski definition) is 8. The van der Waals surface area contributed by atoms with E-state index in [9.17, 15) is 22.8 Å². The molecule has 0 unspecified atom stereocenters. The molecular formula is C23H18F3N5O3S. The molecule has 0 aliphatic carbocycles. The van der Waals surface area contributed by atoms with Gasteiger partial charge < -0.3 is 15.0 Å². The maximum atomic E-state index is 13.2. The molecule has 3 aromatic rings. The van der Waals surface area contributed by atoms with Crippen LogP contribution in [0.25, 0.3) is 28.2 Å². The van der Waals surface area contributed by atoms with Crippen molar-refractivity contribution in [2.45, 2.75) is 6.36 Å². The van der Waals surface area contributed by atoms with Crippen LogP contribution in [0.2, 0.25) is 0 Å². The standard InChI is InChI=1S/C23H18F3N5O3S/c24-23(25,26)34-18-11-13(1-4-17(18)31-9-7-27-8-10-31)15-5-6-28-16-3-2-14(29-20(15)16)12-19-21(32)30-22(33)35-19/h1-6,11-12,27H,7-10H2,(H,30,32,33). The van der Waals surface area contributed by atoms with Crippen LogP contribution in [0.5, 0.6) is 5.75 Å². The lowest BCUT2D eigenvalue weighted by atomic mass is 10.0. The van der Waals surface area contributed by atoms with Gasteiger partial charge in [0.15, 0.2) is 5.75 Å². The number of aromatic nitrogens is 2. The summed E-state index contributed by atoms with van der Waals surface area (Å²) in [6, 6.07) is 9.69. The zero-order valence-electron chi connectivity index (χ0n) is 18.1. The molecule has 2 aromatic heterocycles. The van der Waals surface area contributed by atoms with Gasteiger partial charge >= 0.3 is 6.36 Å². The van der Waals surface area contributed by atoms with Gasteiger partial charge in [-0.2, -0.15) is 0 Å². The smallest absolute Gasteiger partial charge is 0.404 e. The number of benzene rings is 1. The van der Waals surface area contributed by atoms with Crippen molar-refractivity contribution in [2.75, 3.05) is 31.1 Å². The topological polar surface area (TPSA) is 96.5 Å². The molecule has 1 aromatic carbocycles. The Balaban J connectivity index is 1.58. The molecule has 2 amide bonds. The van der Waals surface area contributed by atoms with Crippen molar-refractivity contribution in [1.29, 1.82) is 0 Å². The zero-order chi connectivity index (χ0) is 24.6. The number of piperazine rings is 1. The minimum absolute atomic E-state index is 0.202. The molecule has 35 heavy (non-hydrogen) atoms. The summed E-state index contributed by atoms with van der Waals surface area (Å²) in [6.07, 6.45) is -1.83. The maximum Gasteiger partial charge on any atom is 0.573 e. The van der Waals surface area contributed by atoms with Gasteiger partial charge in [-0.05, 0) is 53.7 Å². The number of nitrogens with one attached hydrogen (secondary N) is 2. The number of pyridine rings is 2. The van der Waals surface area contributed by atoms with Gasteiger partial charge in [-0.3, -0.25) is 19.9 Å². The number of imide groups is 1. The van der Waals surface area contributed by atoms with E-state index < -0.39 is 17.5 Å². The first-order chi connectivity index (χ1) is 16.8. The lowest BCUT2D eigenvalue weighted by Crippen LogP contribution is -2.43. The minimum Gasteiger partial charge on any atom is -0.404 e. The fraction of sp³-hybridized carbons (Fsp3) is 0.217. The molecular weight excluding hydrogens is 483 g/mol. The summed E-state index contributed by atoms with van der Waals surface area (Å²) < 4.78 is 44.1. The van der Waals surface area contributed by atoms with E-state index >= 15 is 0 Å². The number of thioether (sulfide) groups is 1. The van der Waals surface area contributed by atoms with Gasteiger partial charge in [0, 0.05) is 37.9 Å². The Morgan fingerprint density at radius 2 is 1.89 bits per heavy atom. The van der Waals surface area contributed by atoms with Crippen LogP contribution in [0.3, 0.4) is 0 Å². The number of anilines is 1. The molecule has 2 saturated heterocycles. The molecule has 4 heterocycles. The number of hydrogen-bond donors (Lipinski definition) is 2. The largest absolute Gasteiger partial charge is 0.573 e. The highest BCUT2D eigenvalue weighted by molar-refractivity contribution is 8.18. The van der Waals surface area contributed by atoms with Crippen LogP contribution in [0.1, 0.15) is 5.69 Å². The molecule has 2 fully saturated rings. The minimum atomic E-state index is -4.85. The zero-order valence-corrected chi connectivity index (χ0v) is 18.9. The van der Waals surface area contributed by atoms with Crippen LogP contribution in [-0.2, 0) is 4.79 Å². The predicted octanol–water partition coefficient (Wildman–Crippen LogP) is 3.93. The normalized spacial score (nSPS) is 17.8. The summed E-state index contributed by atoms with van der Waals surface area (Å²) >= 11 is 0.770. The lowest BCUT2D eigenvalue weighted by Gasteiger charge is -2.31. The van der Waals surface area contributed by atoms with Crippen molar-refractivity contribution in [1.82, 2.24) is 20.6 Å². The number of ether oxygens (including phenoxy) is 1. The summed E-state index contributed by atoms with van der Waals surface area (Å²) in [5.74, 6) is -0.802. The summed E-state index contributed by atoms with van der Waals surface area (Å²) in [5.41, 5.74) is 2.74. The first-order valence-corrected chi connectivity index (χ1v) is 11.4. The van der Waals surface area contributed by atoms with Gasteiger partial charge in [0.2, 0.25) is 0 Å². The van der Waals surface area contributed by atoms with Crippen molar-refractivity contribution < 1.29 is 27.5 Å². The van der Waals surface area contributed by atoms with E-state index in [-0.39, 0.29) is 10.7 Å². The molecule has 0 bridgehead atoms. The van der Waals surface area contributed by atoms with E-state index in [4.69, 9.17) is 0 Å². The number of nitrogens with zero attached hydrogens (tertiary/aromatic N) is 3. The number of amides is 2. The third-order valence-electron chi connectivity index (χ3n) is 5.48. The number of rotatable bonds is 4. The molecule has 2 aliphatic rings. The fourth-order valence-corrected chi connectivity index (χ4v) is 4.63. The highest BCUT2D eigenvalue weighted by Crippen LogP contribution is 2.38. The average Bonchev–Trinajstić information content (AvgIpc) is 3.14. The van der Waals surface area contributed by atoms with Crippen molar-refractivity contribution in [3.05, 3.63) is 53.2 Å². The van der Waals surface area contributed by atoms with Crippen LogP contribution in [0.15, 0.2) is 47.5 Å². The lowest BCUT2D eigenvalue weighted by molar-refractivity contribution is -0.274. The van der Waals surface area contributed by atoms with Crippen LogP contribution < -0.4 is 20.3 Å². The van der Waals surface area contributed by atoms with Crippen molar-refractivity contribution in [2.24, 2.45) is 0 Å². The Bertz CT molecular complexity index is 1360. The van der Waals surface area contributed by atoms with E-state index in [1.807, 2.05) is 4.90 Å². The molecule has 2 aliphatic heterocycles. The van der Waals surface area contributed by atoms with Crippen LogP contribution >= 0.6 is 11.8 Å². The number of fused-ring (bicyclic) bond motifs is 1. The van der Waals surface area contributed by atoms with E-state index in [2.05, 4.69) is 25.3 Å². The summed E-state index contributed by atoms with van der Waals surface area (Å²) in [6.45, 7) is 2.43. The summed E-state index contributed by atoms with van der Waals surface area (Å²) in [5, 5.41) is 4.89. The second-order valence-electron chi connectivity index (χ2n) is 7.78. The third-order valence-corrected chi connectivity index (χ3v) is 6.29. The van der Waals surface area contributed by atoms with Gasteiger partial charge in [-0.15, -0.1) is 13.2 Å². The number of carbonyl (C=O) groups is 2. The molecule has 8 nitrogen and oxygen atoms in total. The summed E-state index contributed by atoms with van der Waals surface area (Å²) in [7, 11) is 0. The highest BCUT2D eigenvalue weighted by atomic mass is 32.2. The van der Waals surface area contributed by atoms with E-state index in [0.717, 1.165) is 11.8 Å². The SMILES string of the molecule is O=C1NC(=O)C(=Cc2ccc3nccc(-c4ccc(N5CCNCC5)c(OC(F)(F)F)c4)c3n2)S1. The molecule has 0 radical (unpaired) electrons. The second-order valence-corrected chi connectivity index (χ2v) is 8.80. The van der Waals surface area contributed by atoms with Crippen molar-refractivity contribution in [3.8, 4) is 16.9 Å². The van der Waals surface area contributed by atoms with Gasteiger partial charge in [-0.25, -0.2) is 4.98 Å². The number of halogens is 3. The maximum absolute atomic E-state index is 13.2. The second kappa shape index (κ2) is 9.19. The Kier molecular flexibility index (Phi) is 6.07. The monoisotopic (exact) mass is 501 g/mol. The molecule has 180 valence electrons. The number of alkyl halides is 3. The van der Waals surface area contributed by atoms with Crippen molar-refractivity contribution in [3.63, 3.8) is 0 Å². The number of carbonyl (C=O) groups excluding carboxylic acids is 2. The Morgan fingerprint density at radius 3 is 2.60 bits per heavy atom. The highest BCUT2D eigenvalue weighted by Gasteiger charge is 2.33. The predicted molar refractivity (Wildman–Crippen MR) is 126 cm³/mol. The van der Waals surface area contributed by atoms with Gasteiger partial charge in [0.1, 0.15) is 0 Å². The molecule has 2 N–H and O–H groups in total. The third kappa shape index (κ3) is 5.08. The first-order valence-electron chi connectivity index (χ1n) is 10.6. The van der Waals surface area contributed by atoms with Gasteiger partial charge in [0.05, 0.1) is 27.3 Å². The Labute approximate surface area is 201 Å². The van der Waals surface area contributed by atoms with Gasteiger partial charge in [-0.1, -0.05) is 6.07 Å². The molecule has 0 saturated carbocycles. The van der Waals surface area contributed by atoms with Crippen molar-refractivity contribution >= 4 is 45.7 Å². The van der Waals surface area contributed by atoms with Crippen LogP contribution in [-0.4, -0.2) is 53.7 Å². The Morgan fingerprint density at radius 1 is 1.09 bits per heavy atom. The molecule has 12 heteroatoms. The molecule has 0 atom stereocenters. The first kappa shape index (κ1) is 23.1. The van der Waals surface area contributed by atoms with E-state index in [0.29, 0.717) is 59.7 Å². The summed E-state index contributed by atoms with van der Waals surface area (Å²) in [4.78, 5) is 34.2. The van der Waals surface area contributed by atoms with E-state index in [1.165, 1.54) is 12.1 Å². The molecule has 5 rings (SSSR count). The van der Waals surface area contributed by atoms with Gasteiger partial charge in [0.25, 0.3) is 11.1 Å². The average molecular weight is 501 g/mol. The quantitative estimate of drug-likeness (QED) is 0.520. The van der Waals surface area contributed by atoms with Crippen LogP contribution in [0.4, 0.5) is 23.7 Å². The Hall–Kier alpha value is -3.64. The van der Waals surface area contributed by atoms with E-state index in [1.54, 1.807) is 36.5 Å². The van der Waals surface area contributed by atoms with Crippen LogP contribution in [0, 0.1) is 0 Å². The fourth-order valence-electron chi connectivity index (χ4n) is 3.96.